The molecule has 0 spiro atoms. The van der Waals surface area contributed by atoms with Crippen LogP contribution >= 0.6 is 7.14 Å². The van der Waals surface area contributed by atoms with E-state index in [-0.39, 0.29) is 0 Å². The number of fused-ring (bicyclic) bond motifs is 4. The second kappa shape index (κ2) is 9.06. The molecule has 0 N–H and O–H groups in total. The Bertz CT molecular complexity index is 1960. The molecular weight excluding hydrogens is 483 g/mol. The summed E-state index contributed by atoms with van der Waals surface area (Å²) in [7, 11) is -3.14. The first-order valence-corrected chi connectivity index (χ1v) is 14.3. The third-order valence-electron chi connectivity index (χ3n) is 7.19. The van der Waals surface area contributed by atoms with Gasteiger partial charge >= 0.3 is 0 Å². The third kappa shape index (κ3) is 3.55. The standard InChI is InChI=1S/C34H23N2OP/c37-38(26-11-3-1-4-12-26,27-13-5-2-6-14-27)32-22-20-29(28-15-7-8-16-30(28)32)31-21-19-25-18-17-24-10-9-23-35-33(24)34(25)36-31/h1-23H. The number of hydrogen-bond donors (Lipinski definition) is 0. The van der Waals surface area contributed by atoms with Gasteiger partial charge < -0.3 is 4.57 Å². The van der Waals surface area contributed by atoms with Gasteiger partial charge in [0.15, 0.2) is 7.14 Å². The zero-order chi connectivity index (χ0) is 25.5. The van der Waals surface area contributed by atoms with E-state index in [1.165, 1.54) is 0 Å². The fourth-order valence-corrected chi connectivity index (χ4v) is 8.22. The maximum atomic E-state index is 15.2. The van der Waals surface area contributed by atoms with Gasteiger partial charge in [-0.3, -0.25) is 4.98 Å². The van der Waals surface area contributed by atoms with Crippen molar-refractivity contribution in [2.75, 3.05) is 0 Å². The van der Waals surface area contributed by atoms with Gasteiger partial charge in [0.05, 0.1) is 16.7 Å². The lowest BCUT2D eigenvalue weighted by Gasteiger charge is -2.22. The van der Waals surface area contributed by atoms with Crippen molar-refractivity contribution in [2.24, 2.45) is 0 Å². The Morgan fingerprint density at radius 1 is 0.500 bits per heavy atom. The summed E-state index contributed by atoms with van der Waals surface area (Å²) in [5, 5.41) is 6.60. The van der Waals surface area contributed by atoms with E-state index in [2.05, 4.69) is 53.5 Å². The molecule has 0 amide bonds. The Labute approximate surface area is 220 Å². The summed E-state index contributed by atoms with van der Waals surface area (Å²) in [5.41, 5.74) is 3.65. The van der Waals surface area contributed by atoms with Crippen LogP contribution in [-0.4, -0.2) is 9.97 Å². The maximum absolute atomic E-state index is 15.2. The first-order valence-electron chi connectivity index (χ1n) is 12.6. The van der Waals surface area contributed by atoms with E-state index in [1.807, 2.05) is 91.1 Å². The number of nitrogens with zero attached hydrogens (tertiary/aromatic N) is 2. The Balaban J connectivity index is 1.50. The highest BCUT2D eigenvalue weighted by Gasteiger charge is 2.31. The van der Waals surface area contributed by atoms with Gasteiger partial charge in [-0.15, -0.1) is 0 Å². The van der Waals surface area contributed by atoms with Gasteiger partial charge in [-0.2, -0.15) is 0 Å². The highest BCUT2D eigenvalue weighted by Crippen LogP contribution is 2.45. The first kappa shape index (κ1) is 22.6. The number of hydrogen-bond acceptors (Lipinski definition) is 3. The van der Waals surface area contributed by atoms with Crippen molar-refractivity contribution in [3.05, 3.63) is 140 Å². The van der Waals surface area contributed by atoms with Crippen molar-refractivity contribution in [2.45, 2.75) is 0 Å². The Morgan fingerprint density at radius 2 is 1.11 bits per heavy atom. The smallest absolute Gasteiger partial charge is 0.171 e. The van der Waals surface area contributed by atoms with Gasteiger partial charge in [-0.25, -0.2) is 4.98 Å². The molecule has 5 aromatic carbocycles. The normalized spacial score (nSPS) is 11.8. The molecule has 0 atom stereocenters. The Kier molecular flexibility index (Phi) is 5.39. The van der Waals surface area contributed by atoms with Crippen molar-refractivity contribution < 1.29 is 4.57 Å². The topological polar surface area (TPSA) is 42.9 Å². The summed E-state index contributed by atoms with van der Waals surface area (Å²) in [6.45, 7) is 0. The van der Waals surface area contributed by atoms with Crippen LogP contribution in [0.5, 0.6) is 0 Å². The van der Waals surface area contributed by atoms with E-state index in [9.17, 15) is 0 Å². The minimum Gasteiger partial charge on any atom is -0.309 e. The molecule has 4 heteroatoms. The van der Waals surface area contributed by atoms with E-state index < -0.39 is 7.14 Å². The summed E-state index contributed by atoms with van der Waals surface area (Å²) in [5.74, 6) is 0. The molecule has 0 saturated carbocycles. The molecule has 0 radical (unpaired) electrons. The zero-order valence-electron chi connectivity index (χ0n) is 20.5. The molecular formula is C34H23N2OP. The van der Waals surface area contributed by atoms with Crippen LogP contribution in [0.25, 0.3) is 43.8 Å². The summed E-state index contributed by atoms with van der Waals surface area (Å²) < 4.78 is 15.2. The van der Waals surface area contributed by atoms with E-state index in [0.29, 0.717) is 0 Å². The summed E-state index contributed by atoms with van der Waals surface area (Å²) in [6, 6.07) is 44.3. The number of rotatable bonds is 4. The number of pyridine rings is 2. The minimum absolute atomic E-state index is 0.825. The highest BCUT2D eigenvalue weighted by molar-refractivity contribution is 7.85. The lowest BCUT2D eigenvalue weighted by atomic mass is 10.0. The molecule has 0 aliphatic carbocycles. The maximum Gasteiger partial charge on any atom is 0.171 e. The molecule has 0 saturated heterocycles. The van der Waals surface area contributed by atoms with Gasteiger partial charge in [-0.05, 0) is 29.0 Å². The second-order valence-corrected chi connectivity index (χ2v) is 12.1. The third-order valence-corrected chi connectivity index (χ3v) is 10.3. The quantitative estimate of drug-likeness (QED) is 0.187. The SMILES string of the molecule is O=P(c1ccccc1)(c1ccccc1)c1ccc(-c2ccc3ccc4cccnc4c3n2)c2ccccc12. The van der Waals surface area contributed by atoms with Gasteiger partial charge in [-0.1, -0.05) is 115 Å². The van der Waals surface area contributed by atoms with Crippen LogP contribution in [0, 0.1) is 0 Å². The number of aromatic nitrogens is 2. The van der Waals surface area contributed by atoms with Gasteiger partial charge in [0, 0.05) is 38.4 Å². The van der Waals surface area contributed by atoms with Crippen LogP contribution in [0.2, 0.25) is 0 Å². The van der Waals surface area contributed by atoms with Crippen molar-refractivity contribution in [3.63, 3.8) is 0 Å². The Hall–Kier alpha value is -4.59. The van der Waals surface area contributed by atoms with E-state index >= 15 is 4.57 Å². The summed E-state index contributed by atoms with van der Waals surface area (Å²) >= 11 is 0. The van der Waals surface area contributed by atoms with Gasteiger partial charge in [0.25, 0.3) is 0 Å². The van der Waals surface area contributed by atoms with Crippen LogP contribution in [-0.2, 0) is 4.57 Å². The molecule has 7 rings (SSSR count). The van der Waals surface area contributed by atoms with Gasteiger partial charge in [0.1, 0.15) is 0 Å². The molecule has 3 nitrogen and oxygen atoms in total. The van der Waals surface area contributed by atoms with Crippen LogP contribution < -0.4 is 15.9 Å². The molecule has 2 aromatic heterocycles. The molecule has 0 fully saturated rings. The highest BCUT2D eigenvalue weighted by atomic mass is 31.2. The van der Waals surface area contributed by atoms with Crippen LogP contribution in [0.3, 0.4) is 0 Å². The molecule has 2 heterocycles. The second-order valence-electron chi connectivity index (χ2n) is 9.37. The van der Waals surface area contributed by atoms with Crippen molar-refractivity contribution in [1.29, 1.82) is 0 Å². The van der Waals surface area contributed by atoms with Crippen LogP contribution in [0.4, 0.5) is 0 Å². The monoisotopic (exact) mass is 506 g/mol. The lowest BCUT2D eigenvalue weighted by Crippen LogP contribution is -2.25. The molecule has 180 valence electrons. The predicted octanol–water partition coefficient (Wildman–Crippen LogP) is 7.24. The predicted molar refractivity (Wildman–Crippen MR) is 159 cm³/mol. The van der Waals surface area contributed by atoms with E-state index in [1.54, 1.807) is 0 Å². The zero-order valence-corrected chi connectivity index (χ0v) is 21.4. The van der Waals surface area contributed by atoms with Crippen molar-refractivity contribution in [1.82, 2.24) is 9.97 Å². The molecule has 38 heavy (non-hydrogen) atoms. The lowest BCUT2D eigenvalue weighted by molar-refractivity contribution is 0.592. The molecule has 0 aliphatic rings. The fraction of sp³-hybridized carbons (Fsp3) is 0. The molecule has 0 bridgehead atoms. The van der Waals surface area contributed by atoms with Crippen molar-refractivity contribution >= 4 is 55.6 Å². The van der Waals surface area contributed by atoms with E-state index in [0.717, 1.165) is 59.7 Å². The van der Waals surface area contributed by atoms with Crippen molar-refractivity contribution in [3.8, 4) is 11.3 Å². The number of benzene rings is 5. The van der Waals surface area contributed by atoms with Crippen LogP contribution in [0.15, 0.2) is 140 Å². The molecule has 0 unspecified atom stereocenters. The van der Waals surface area contributed by atoms with E-state index in [4.69, 9.17) is 4.98 Å². The van der Waals surface area contributed by atoms with Gasteiger partial charge in [0.2, 0.25) is 0 Å². The average molecular weight is 507 g/mol. The first-order chi connectivity index (χ1) is 18.7. The fourth-order valence-electron chi connectivity index (χ4n) is 5.36. The van der Waals surface area contributed by atoms with Crippen LogP contribution in [0.1, 0.15) is 0 Å². The Morgan fingerprint density at radius 3 is 1.82 bits per heavy atom. The summed E-state index contributed by atoms with van der Waals surface area (Å²) in [4.78, 5) is 9.72. The largest absolute Gasteiger partial charge is 0.309 e. The molecule has 0 aliphatic heterocycles. The minimum atomic E-state index is -3.14. The molecule has 7 aromatic rings. The summed E-state index contributed by atoms with van der Waals surface area (Å²) in [6.07, 6.45) is 1.81. The average Bonchev–Trinajstić information content (AvgIpc) is 3.00.